The molecule has 0 unspecified atom stereocenters. The second kappa shape index (κ2) is 16.9. The molecule has 0 radical (unpaired) electrons. The molecule has 3 heteroatoms. The van der Waals surface area contributed by atoms with Crippen molar-refractivity contribution < 1.29 is 4.42 Å². The van der Waals surface area contributed by atoms with E-state index >= 15 is 0 Å². The van der Waals surface area contributed by atoms with Gasteiger partial charge in [0.25, 0.3) is 0 Å². The Kier molecular flexibility index (Phi) is 9.84. The van der Waals surface area contributed by atoms with Crippen LogP contribution in [-0.4, -0.2) is 4.57 Å². The van der Waals surface area contributed by atoms with Crippen LogP contribution < -0.4 is 4.90 Å². The fourth-order valence-electron chi connectivity index (χ4n) is 10.5. The predicted molar refractivity (Wildman–Crippen MR) is 290 cm³/mol. The van der Waals surface area contributed by atoms with Crippen molar-refractivity contribution in [3.8, 4) is 61.3 Å². The number of furan rings is 1. The highest BCUT2D eigenvalue weighted by atomic mass is 16.3. The standard InChI is InChI=1S/C66H44N2O/c1-3-18-46(19-4-1)52-22-7-8-23-54(52)55-24-9-10-25-56(55)57-26-11-14-30-61(57)67(51-41-36-47(37-42-51)53-29-17-33-65-66(53)60-28-13-16-32-64(60)69-65)50-39-34-45(35-40-50)48-38-43-59-58-27-12-15-31-62(58)68(63(59)44-48)49-20-5-2-6-21-49/h1-44H. The van der Waals surface area contributed by atoms with Gasteiger partial charge in [0.2, 0.25) is 0 Å². The predicted octanol–water partition coefficient (Wildman–Crippen LogP) is 18.5. The van der Waals surface area contributed by atoms with Crippen LogP contribution in [-0.2, 0) is 0 Å². The largest absolute Gasteiger partial charge is 0.456 e. The Labute approximate surface area is 401 Å². The van der Waals surface area contributed by atoms with Gasteiger partial charge in [-0.05, 0) is 117 Å². The minimum absolute atomic E-state index is 0.890. The Bertz CT molecular complexity index is 4000. The van der Waals surface area contributed by atoms with E-state index in [1.807, 2.05) is 12.1 Å². The summed E-state index contributed by atoms with van der Waals surface area (Å²) in [6.45, 7) is 0. The van der Waals surface area contributed by atoms with Crippen LogP contribution in [0.25, 0.3) is 105 Å². The average Bonchev–Trinajstić information content (AvgIpc) is 3.98. The maximum Gasteiger partial charge on any atom is 0.136 e. The third kappa shape index (κ3) is 6.99. The molecular formula is C66H44N2O. The molecule has 0 bridgehead atoms. The van der Waals surface area contributed by atoms with E-state index < -0.39 is 0 Å². The van der Waals surface area contributed by atoms with Crippen LogP contribution in [0.5, 0.6) is 0 Å². The first-order valence-corrected chi connectivity index (χ1v) is 23.6. The first-order valence-electron chi connectivity index (χ1n) is 23.6. The van der Waals surface area contributed by atoms with E-state index in [0.717, 1.165) is 78.1 Å². The van der Waals surface area contributed by atoms with Crippen LogP contribution in [0, 0.1) is 0 Å². The van der Waals surface area contributed by atoms with Crippen molar-refractivity contribution >= 4 is 60.8 Å². The van der Waals surface area contributed by atoms with Crippen LogP contribution in [0.15, 0.2) is 271 Å². The quantitative estimate of drug-likeness (QED) is 0.144. The highest BCUT2D eigenvalue weighted by molar-refractivity contribution is 6.13. The number of aromatic nitrogens is 1. The normalized spacial score (nSPS) is 11.5. The third-order valence-corrected chi connectivity index (χ3v) is 13.7. The van der Waals surface area contributed by atoms with Gasteiger partial charge in [-0.3, -0.25) is 0 Å². The minimum Gasteiger partial charge on any atom is -0.456 e. The van der Waals surface area contributed by atoms with Gasteiger partial charge in [0.15, 0.2) is 0 Å². The van der Waals surface area contributed by atoms with Crippen molar-refractivity contribution in [3.05, 3.63) is 267 Å². The molecule has 2 heterocycles. The molecule has 13 rings (SSSR count). The summed E-state index contributed by atoms with van der Waals surface area (Å²) in [4.78, 5) is 2.41. The molecule has 3 nitrogen and oxygen atoms in total. The maximum atomic E-state index is 6.31. The lowest BCUT2D eigenvalue weighted by molar-refractivity contribution is 0.669. The molecule has 11 aromatic carbocycles. The molecular weight excluding hydrogens is 837 g/mol. The first-order chi connectivity index (χ1) is 34.2. The highest BCUT2D eigenvalue weighted by Gasteiger charge is 2.22. The van der Waals surface area contributed by atoms with Crippen LogP contribution in [0.2, 0.25) is 0 Å². The number of nitrogens with zero attached hydrogens (tertiary/aromatic N) is 2. The molecule has 324 valence electrons. The van der Waals surface area contributed by atoms with Gasteiger partial charge in [-0.25, -0.2) is 0 Å². The summed E-state index contributed by atoms with van der Waals surface area (Å²) in [5.74, 6) is 0. The summed E-state index contributed by atoms with van der Waals surface area (Å²) >= 11 is 0. The van der Waals surface area contributed by atoms with Crippen LogP contribution in [0.1, 0.15) is 0 Å². The first kappa shape index (κ1) is 40.1. The van der Waals surface area contributed by atoms with Crippen LogP contribution >= 0.6 is 0 Å². The summed E-state index contributed by atoms with van der Waals surface area (Å²) in [5.41, 5.74) is 20.2. The molecule has 0 aliphatic heterocycles. The van der Waals surface area contributed by atoms with E-state index in [2.05, 4.69) is 264 Å². The molecule has 0 N–H and O–H groups in total. The zero-order chi connectivity index (χ0) is 45.7. The maximum absolute atomic E-state index is 6.31. The van der Waals surface area contributed by atoms with Gasteiger partial charge in [0, 0.05) is 44.2 Å². The Morgan fingerprint density at radius 2 is 0.783 bits per heavy atom. The van der Waals surface area contributed by atoms with E-state index in [0.29, 0.717) is 0 Å². The second-order valence-electron chi connectivity index (χ2n) is 17.6. The average molecular weight is 881 g/mol. The molecule has 0 atom stereocenters. The molecule has 0 aliphatic rings. The Morgan fingerprint density at radius 3 is 1.52 bits per heavy atom. The Morgan fingerprint density at radius 1 is 0.290 bits per heavy atom. The third-order valence-electron chi connectivity index (χ3n) is 13.7. The molecule has 2 aromatic heterocycles. The summed E-state index contributed by atoms with van der Waals surface area (Å²) in [5, 5.41) is 4.74. The van der Waals surface area contributed by atoms with E-state index in [9.17, 15) is 0 Å². The molecule has 0 spiro atoms. The summed E-state index contributed by atoms with van der Waals surface area (Å²) in [7, 11) is 0. The molecule has 0 fully saturated rings. The second-order valence-corrected chi connectivity index (χ2v) is 17.6. The van der Waals surface area contributed by atoms with E-state index in [4.69, 9.17) is 4.42 Å². The minimum atomic E-state index is 0.890. The topological polar surface area (TPSA) is 21.3 Å². The zero-order valence-corrected chi connectivity index (χ0v) is 37.7. The summed E-state index contributed by atoms with van der Waals surface area (Å²) in [6.07, 6.45) is 0. The number of fused-ring (bicyclic) bond motifs is 6. The number of rotatable bonds is 9. The molecule has 0 aliphatic carbocycles. The lowest BCUT2D eigenvalue weighted by Gasteiger charge is -2.29. The van der Waals surface area contributed by atoms with Crippen LogP contribution in [0.3, 0.4) is 0 Å². The van der Waals surface area contributed by atoms with Gasteiger partial charge in [-0.2, -0.15) is 0 Å². The van der Waals surface area contributed by atoms with Gasteiger partial charge in [-0.1, -0.05) is 200 Å². The molecule has 69 heavy (non-hydrogen) atoms. The Balaban J connectivity index is 0.959. The summed E-state index contributed by atoms with van der Waals surface area (Å²) < 4.78 is 8.70. The number of hydrogen-bond acceptors (Lipinski definition) is 2. The van der Waals surface area contributed by atoms with Gasteiger partial charge in [0.1, 0.15) is 11.2 Å². The zero-order valence-electron chi connectivity index (χ0n) is 37.7. The lowest BCUT2D eigenvalue weighted by Crippen LogP contribution is -2.11. The number of benzene rings is 11. The smallest absolute Gasteiger partial charge is 0.136 e. The SMILES string of the molecule is c1ccc(-c2ccccc2-c2ccccc2-c2ccccc2N(c2ccc(-c3ccc4c5ccccc5n(-c5ccccc5)c4c3)cc2)c2ccc(-c3cccc4oc5ccccc5c34)cc2)cc1. The number of para-hydroxylation sites is 4. The van der Waals surface area contributed by atoms with Crippen molar-refractivity contribution in [1.29, 1.82) is 0 Å². The van der Waals surface area contributed by atoms with E-state index in [-0.39, 0.29) is 0 Å². The molecule has 13 aromatic rings. The van der Waals surface area contributed by atoms with Gasteiger partial charge in [0.05, 0.1) is 16.7 Å². The van der Waals surface area contributed by atoms with Crippen molar-refractivity contribution in [2.24, 2.45) is 0 Å². The fraction of sp³-hybridized carbons (Fsp3) is 0. The molecule has 0 amide bonds. The Hall–Kier alpha value is -9.18. The van der Waals surface area contributed by atoms with Crippen molar-refractivity contribution in [2.45, 2.75) is 0 Å². The van der Waals surface area contributed by atoms with E-state index in [1.165, 1.54) is 44.1 Å². The highest BCUT2D eigenvalue weighted by Crippen LogP contribution is 2.46. The van der Waals surface area contributed by atoms with E-state index in [1.54, 1.807) is 0 Å². The monoisotopic (exact) mass is 880 g/mol. The molecule has 0 saturated carbocycles. The van der Waals surface area contributed by atoms with Crippen molar-refractivity contribution in [2.75, 3.05) is 4.90 Å². The van der Waals surface area contributed by atoms with Gasteiger partial charge in [-0.15, -0.1) is 0 Å². The van der Waals surface area contributed by atoms with Crippen molar-refractivity contribution in [3.63, 3.8) is 0 Å². The number of hydrogen-bond donors (Lipinski definition) is 0. The lowest BCUT2D eigenvalue weighted by atomic mass is 9.88. The van der Waals surface area contributed by atoms with Crippen LogP contribution in [0.4, 0.5) is 17.1 Å². The summed E-state index contributed by atoms with van der Waals surface area (Å²) in [6, 6.07) is 96.1. The number of anilines is 3. The van der Waals surface area contributed by atoms with Crippen molar-refractivity contribution in [1.82, 2.24) is 4.57 Å². The molecule has 0 saturated heterocycles. The fourth-order valence-corrected chi connectivity index (χ4v) is 10.5. The van der Waals surface area contributed by atoms with Gasteiger partial charge >= 0.3 is 0 Å². The van der Waals surface area contributed by atoms with Gasteiger partial charge < -0.3 is 13.9 Å².